The average molecular weight is 360 g/mol. The summed E-state index contributed by atoms with van der Waals surface area (Å²) in [5, 5.41) is 7.61. The van der Waals surface area contributed by atoms with Crippen LogP contribution in [0.2, 0.25) is 0 Å². The molecule has 1 aromatic heterocycles. The second-order valence-corrected chi connectivity index (χ2v) is 7.18. The highest BCUT2D eigenvalue weighted by Crippen LogP contribution is 2.36. The second kappa shape index (κ2) is 8.15. The van der Waals surface area contributed by atoms with Gasteiger partial charge in [-0.05, 0) is 49.1 Å². The van der Waals surface area contributed by atoms with Crippen molar-refractivity contribution in [2.24, 2.45) is 11.8 Å². The predicted octanol–water partition coefficient (Wildman–Crippen LogP) is 4.15. The minimum absolute atomic E-state index is 0. The molecular weight excluding hydrogens is 334 g/mol. The topological polar surface area (TPSA) is 54.0 Å². The third-order valence-electron chi connectivity index (χ3n) is 5.68. The van der Waals surface area contributed by atoms with Crippen LogP contribution in [-0.4, -0.2) is 23.5 Å². The van der Waals surface area contributed by atoms with Crippen LogP contribution in [0.4, 0.5) is 5.69 Å². The molecule has 2 aliphatic rings. The normalized spacial score (nSPS) is 24.0. The first-order valence-corrected chi connectivity index (χ1v) is 9.20. The van der Waals surface area contributed by atoms with Crippen molar-refractivity contribution in [3.05, 3.63) is 36.5 Å². The Morgan fingerprint density at radius 2 is 1.96 bits per heavy atom. The predicted molar refractivity (Wildman–Crippen MR) is 104 cm³/mol. The molecule has 4 nitrogen and oxygen atoms in total. The summed E-state index contributed by atoms with van der Waals surface area (Å²) < 4.78 is 0. The van der Waals surface area contributed by atoms with Crippen LogP contribution >= 0.6 is 12.4 Å². The minimum atomic E-state index is -0.0438. The molecule has 25 heavy (non-hydrogen) atoms. The summed E-state index contributed by atoms with van der Waals surface area (Å²) >= 11 is 0. The number of halogens is 1. The number of aromatic nitrogens is 1. The standard InChI is InChI=1S/C20H25N3O.ClH/c24-20(19-17(10-12-22-19)14-5-2-1-3-6-14)23-16-8-9-18-15(13-16)7-4-11-21-18;/h4,7-9,11,13-14,17,19,22H,1-3,5-6,10,12H2,(H,23,24);1H/t17-,19-;/m0./s1. The van der Waals surface area contributed by atoms with Gasteiger partial charge in [-0.1, -0.05) is 38.2 Å². The summed E-state index contributed by atoms with van der Waals surface area (Å²) in [6.45, 7) is 0.959. The third-order valence-corrected chi connectivity index (χ3v) is 5.68. The highest BCUT2D eigenvalue weighted by molar-refractivity contribution is 5.97. The van der Waals surface area contributed by atoms with Gasteiger partial charge in [0.2, 0.25) is 5.91 Å². The zero-order chi connectivity index (χ0) is 16.4. The Labute approximate surface area is 155 Å². The number of pyridine rings is 1. The van der Waals surface area contributed by atoms with Crippen molar-refractivity contribution in [3.8, 4) is 0 Å². The summed E-state index contributed by atoms with van der Waals surface area (Å²) in [4.78, 5) is 17.1. The lowest BCUT2D eigenvalue weighted by Gasteiger charge is -2.30. The molecule has 1 aliphatic heterocycles. The fraction of sp³-hybridized carbons (Fsp3) is 0.500. The molecule has 2 N–H and O–H groups in total. The fourth-order valence-electron chi connectivity index (χ4n) is 4.45. The van der Waals surface area contributed by atoms with Gasteiger partial charge in [-0.25, -0.2) is 0 Å². The van der Waals surface area contributed by atoms with E-state index in [4.69, 9.17) is 0 Å². The van der Waals surface area contributed by atoms with E-state index in [0.717, 1.165) is 29.6 Å². The number of carbonyl (C=O) groups excluding carboxylic acids is 1. The first kappa shape index (κ1) is 18.2. The molecule has 134 valence electrons. The molecule has 0 unspecified atom stereocenters. The number of nitrogens with one attached hydrogen (secondary N) is 2. The van der Waals surface area contributed by atoms with Crippen molar-refractivity contribution in [2.45, 2.75) is 44.6 Å². The number of carbonyl (C=O) groups is 1. The Morgan fingerprint density at radius 1 is 1.12 bits per heavy atom. The molecule has 2 heterocycles. The smallest absolute Gasteiger partial charge is 0.241 e. The van der Waals surface area contributed by atoms with Crippen LogP contribution in [0.25, 0.3) is 10.9 Å². The molecule has 4 rings (SSSR count). The number of hydrogen-bond acceptors (Lipinski definition) is 3. The summed E-state index contributed by atoms with van der Waals surface area (Å²) in [5.74, 6) is 1.32. The van der Waals surface area contributed by atoms with Crippen molar-refractivity contribution in [2.75, 3.05) is 11.9 Å². The van der Waals surface area contributed by atoms with E-state index < -0.39 is 0 Å². The molecule has 5 heteroatoms. The lowest BCUT2D eigenvalue weighted by molar-refractivity contribution is -0.119. The molecular formula is C20H26ClN3O. The Kier molecular flexibility index (Phi) is 5.92. The molecule has 0 radical (unpaired) electrons. The molecule has 1 aromatic carbocycles. The Balaban J connectivity index is 0.00000182. The molecule has 2 aromatic rings. The van der Waals surface area contributed by atoms with Gasteiger partial charge in [0, 0.05) is 17.3 Å². The van der Waals surface area contributed by atoms with Crippen molar-refractivity contribution in [1.29, 1.82) is 0 Å². The number of fused-ring (bicyclic) bond motifs is 1. The lowest BCUT2D eigenvalue weighted by Crippen LogP contribution is -2.42. The molecule has 2 atom stereocenters. The van der Waals surface area contributed by atoms with Crippen LogP contribution in [0.15, 0.2) is 36.5 Å². The highest BCUT2D eigenvalue weighted by atomic mass is 35.5. The number of hydrogen-bond donors (Lipinski definition) is 2. The summed E-state index contributed by atoms with van der Waals surface area (Å²) in [7, 11) is 0. The summed E-state index contributed by atoms with van der Waals surface area (Å²) in [5.41, 5.74) is 1.81. The van der Waals surface area contributed by atoms with Crippen LogP contribution in [0.5, 0.6) is 0 Å². The van der Waals surface area contributed by atoms with E-state index in [9.17, 15) is 4.79 Å². The maximum Gasteiger partial charge on any atom is 0.241 e. The van der Waals surface area contributed by atoms with Crippen molar-refractivity contribution in [3.63, 3.8) is 0 Å². The van der Waals surface area contributed by atoms with E-state index in [1.165, 1.54) is 32.1 Å². The van der Waals surface area contributed by atoms with Gasteiger partial charge in [-0.15, -0.1) is 12.4 Å². The van der Waals surface area contributed by atoms with Gasteiger partial charge in [0.15, 0.2) is 0 Å². The van der Waals surface area contributed by atoms with Crippen LogP contribution in [0.1, 0.15) is 38.5 Å². The van der Waals surface area contributed by atoms with Crippen LogP contribution in [-0.2, 0) is 4.79 Å². The van der Waals surface area contributed by atoms with E-state index in [1.807, 2.05) is 30.3 Å². The number of anilines is 1. The molecule has 1 saturated heterocycles. The van der Waals surface area contributed by atoms with Crippen molar-refractivity contribution >= 4 is 34.9 Å². The van der Waals surface area contributed by atoms with E-state index in [0.29, 0.717) is 11.8 Å². The van der Waals surface area contributed by atoms with Gasteiger partial charge < -0.3 is 10.6 Å². The van der Waals surface area contributed by atoms with E-state index in [2.05, 4.69) is 15.6 Å². The van der Waals surface area contributed by atoms with Crippen LogP contribution < -0.4 is 10.6 Å². The van der Waals surface area contributed by atoms with Gasteiger partial charge in [0.05, 0.1) is 11.6 Å². The summed E-state index contributed by atoms with van der Waals surface area (Å²) in [6.07, 6.45) is 9.51. The molecule has 1 amide bonds. The summed E-state index contributed by atoms with van der Waals surface area (Å²) in [6, 6.07) is 9.81. The molecule has 1 aliphatic carbocycles. The maximum atomic E-state index is 12.8. The first-order chi connectivity index (χ1) is 11.8. The third kappa shape index (κ3) is 3.96. The first-order valence-electron chi connectivity index (χ1n) is 9.20. The number of amides is 1. The van der Waals surface area contributed by atoms with Crippen LogP contribution in [0.3, 0.4) is 0 Å². The highest BCUT2D eigenvalue weighted by Gasteiger charge is 2.38. The molecule has 0 spiro atoms. The second-order valence-electron chi connectivity index (χ2n) is 7.18. The Morgan fingerprint density at radius 3 is 2.80 bits per heavy atom. The number of benzene rings is 1. The van der Waals surface area contributed by atoms with Crippen LogP contribution in [0, 0.1) is 11.8 Å². The van der Waals surface area contributed by atoms with Gasteiger partial charge in [-0.2, -0.15) is 0 Å². The van der Waals surface area contributed by atoms with E-state index in [-0.39, 0.29) is 24.4 Å². The average Bonchev–Trinajstić information content (AvgIpc) is 3.12. The zero-order valence-electron chi connectivity index (χ0n) is 14.4. The Hall–Kier alpha value is -1.65. The van der Waals surface area contributed by atoms with Crippen molar-refractivity contribution < 1.29 is 4.79 Å². The van der Waals surface area contributed by atoms with Gasteiger partial charge in [0.25, 0.3) is 0 Å². The van der Waals surface area contributed by atoms with Gasteiger partial charge >= 0.3 is 0 Å². The maximum absolute atomic E-state index is 12.8. The molecule has 1 saturated carbocycles. The fourth-order valence-corrected chi connectivity index (χ4v) is 4.45. The monoisotopic (exact) mass is 359 g/mol. The molecule has 2 fully saturated rings. The lowest BCUT2D eigenvalue weighted by atomic mass is 9.76. The van der Waals surface area contributed by atoms with Gasteiger partial charge in [-0.3, -0.25) is 9.78 Å². The minimum Gasteiger partial charge on any atom is -0.325 e. The Bertz CT molecular complexity index is 730. The zero-order valence-corrected chi connectivity index (χ0v) is 15.2. The quantitative estimate of drug-likeness (QED) is 0.865. The van der Waals surface area contributed by atoms with Crippen molar-refractivity contribution in [1.82, 2.24) is 10.3 Å². The largest absolute Gasteiger partial charge is 0.325 e. The number of rotatable bonds is 3. The van der Waals surface area contributed by atoms with Gasteiger partial charge in [0.1, 0.15) is 0 Å². The van der Waals surface area contributed by atoms with E-state index >= 15 is 0 Å². The van der Waals surface area contributed by atoms with E-state index in [1.54, 1.807) is 6.20 Å². The molecule has 0 bridgehead atoms. The number of nitrogens with zero attached hydrogens (tertiary/aromatic N) is 1. The SMILES string of the molecule is Cl.O=C(Nc1ccc2ncccc2c1)[C@H]1NCC[C@H]1C1CCCCC1.